The second-order valence-electron chi connectivity index (χ2n) is 4.41. The molecule has 0 aromatic rings. The zero-order valence-corrected chi connectivity index (χ0v) is 10.5. The number of nitrogens with one attached hydrogen (secondary N) is 1. The van der Waals surface area contributed by atoms with Crippen LogP contribution in [-0.2, 0) is 4.74 Å². The lowest BCUT2D eigenvalue weighted by Gasteiger charge is -2.42. The fraction of sp³-hybridized carbons (Fsp3) is 0.846. The fourth-order valence-electron chi connectivity index (χ4n) is 2.63. The van der Waals surface area contributed by atoms with Crippen molar-refractivity contribution < 1.29 is 4.74 Å². The molecule has 0 amide bonds. The van der Waals surface area contributed by atoms with Gasteiger partial charge in [0.2, 0.25) is 0 Å². The lowest BCUT2D eigenvalue weighted by molar-refractivity contribution is -0.0888. The normalized spacial score (nSPS) is 20.9. The number of ether oxygens (including phenoxy) is 1. The molecule has 16 heavy (non-hydrogen) atoms. The highest BCUT2D eigenvalue weighted by atomic mass is 16.5. The molecule has 0 spiro atoms. The molecule has 3 heteroatoms. The Bertz CT molecular complexity index is 243. The van der Waals surface area contributed by atoms with Crippen molar-refractivity contribution in [3.63, 3.8) is 0 Å². The Morgan fingerprint density at radius 2 is 2.06 bits per heavy atom. The van der Waals surface area contributed by atoms with E-state index in [4.69, 9.17) is 10.6 Å². The summed E-state index contributed by atoms with van der Waals surface area (Å²) in [6, 6.07) is 0.153. The van der Waals surface area contributed by atoms with Gasteiger partial charge in [0.05, 0.1) is 11.6 Å². The molecule has 0 bridgehead atoms. The molecule has 1 aliphatic carbocycles. The molecule has 0 aromatic carbocycles. The van der Waals surface area contributed by atoms with Crippen LogP contribution < -0.4 is 11.3 Å². The van der Waals surface area contributed by atoms with Gasteiger partial charge in [0.15, 0.2) is 0 Å². The number of nitrogens with two attached hydrogens (primary N) is 1. The minimum atomic E-state index is -0.0917. The molecule has 1 aliphatic rings. The highest BCUT2D eigenvalue weighted by Crippen LogP contribution is 2.35. The van der Waals surface area contributed by atoms with E-state index < -0.39 is 0 Å². The first-order chi connectivity index (χ1) is 7.79. The van der Waals surface area contributed by atoms with E-state index in [0.717, 1.165) is 25.9 Å². The minimum Gasteiger partial charge on any atom is -0.374 e. The molecule has 0 aromatic heterocycles. The molecule has 3 nitrogen and oxygen atoms in total. The number of hydrogen-bond acceptors (Lipinski definition) is 3. The van der Waals surface area contributed by atoms with Crippen LogP contribution in [0, 0.1) is 11.8 Å². The summed E-state index contributed by atoms with van der Waals surface area (Å²) in [7, 11) is 0. The second kappa shape index (κ2) is 6.90. The Balaban J connectivity index is 2.73. The van der Waals surface area contributed by atoms with Crippen molar-refractivity contribution in [2.75, 3.05) is 6.61 Å². The Morgan fingerprint density at radius 1 is 1.38 bits per heavy atom. The first-order valence-corrected chi connectivity index (χ1v) is 6.28. The average molecular weight is 224 g/mol. The predicted molar refractivity (Wildman–Crippen MR) is 66.6 cm³/mol. The van der Waals surface area contributed by atoms with Gasteiger partial charge in [-0.15, -0.1) is 11.8 Å². The first kappa shape index (κ1) is 13.5. The van der Waals surface area contributed by atoms with Crippen molar-refractivity contribution in [1.82, 2.24) is 5.43 Å². The minimum absolute atomic E-state index is 0.0917. The van der Waals surface area contributed by atoms with Crippen molar-refractivity contribution in [3.8, 4) is 11.8 Å². The largest absolute Gasteiger partial charge is 0.374 e. The standard InChI is InChI=1S/C13H24N2O/c1-3-5-9-12(15-14)13(16-4-2)10-7-6-8-11-13/h12,15H,4,6-11,14H2,1-2H3. The van der Waals surface area contributed by atoms with E-state index in [1.165, 1.54) is 19.3 Å². The van der Waals surface area contributed by atoms with Crippen molar-refractivity contribution in [2.24, 2.45) is 5.84 Å². The van der Waals surface area contributed by atoms with Crippen LogP contribution in [0.15, 0.2) is 0 Å². The highest BCUT2D eigenvalue weighted by Gasteiger charge is 2.39. The second-order valence-corrected chi connectivity index (χ2v) is 4.41. The Morgan fingerprint density at radius 3 is 2.56 bits per heavy atom. The number of hydrazine groups is 1. The summed E-state index contributed by atoms with van der Waals surface area (Å²) in [6.45, 7) is 4.66. The van der Waals surface area contributed by atoms with E-state index in [0.29, 0.717) is 0 Å². The lowest BCUT2D eigenvalue weighted by Crippen LogP contribution is -2.55. The fourth-order valence-corrected chi connectivity index (χ4v) is 2.63. The summed E-state index contributed by atoms with van der Waals surface area (Å²) < 4.78 is 6.01. The van der Waals surface area contributed by atoms with E-state index in [-0.39, 0.29) is 11.6 Å². The summed E-state index contributed by atoms with van der Waals surface area (Å²) in [5.74, 6) is 11.7. The molecule has 0 radical (unpaired) electrons. The summed E-state index contributed by atoms with van der Waals surface area (Å²) in [4.78, 5) is 0. The molecule has 3 N–H and O–H groups in total. The summed E-state index contributed by atoms with van der Waals surface area (Å²) in [5.41, 5.74) is 2.81. The van der Waals surface area contributed by atoms with E-state index in [1.807, 2.05) is 6.92 Å². The van der Waals surface area contributed by atoms with Crippen LogP contribution in [0.4, 0.5) is 0 Å². The van der Waals surface area contributed by atoms with Gasteiger partial charge in [-0.05, 0) is 26.7 Å². The van der Waals surface area contributed by atoms with E-state index in [2.05, 4.69) is 24.2 Å². The van der Waals surface area contributed by atoms with Crippen LogP contribution in [0.2, 0.25) is 0 Å². The van der Waals surface area contributed by atoms with Crippen molar-refractivity contribution in [2.45, 2.75) is 64.0 Å². The summed E-state index contributed by atoms with van der Waals surface area (Å²) >= 11 is 0. The molecule has 0 heterocycles. The SMILES string of the molecule is CC#CCC(NN)C1(OCC)CCCCC1. The van der Waals surface area contributed by atoms with Gasteiger partial charge in [0, 0.05) is 13.0 Å². The molecule has 0 aliphatic heterocycles. The molecule has 1 fully saturated rings. The predicted octanol–water partition coefficient (Wildman–Crippen LogP) is 1.97. The molecular formula is C13H24N2O. The molecule has 1 rings (SSSR count). The zero-order valence-electron chi connectivity index (χ0n) is 10.5. The van der Waals surface area contributed by atoms with Gasteiger partial charge < -0.3 is 4.74 Å². The van der Waals surface area contributed by atoms with Crippen LogP contribution in [0.3, 0.4) is 0 Å². The average Bonchev–Trinajstić information content (AvgIpc) is 2.31. The maximum atomic E-state index is 6.01. The van der Waals surface area contributed by atoms with Crippen LogP contribution in [0.25, 0.3) is 0 Å². The monoisotopic (exact) mass is 224 g/mol. The molecule has 92 valence electrons. The van der Waals surface area contributed by atoms with Gasteiger partial charge in [-0.25, -0.2) is 0 Å². The Kier molecular flexibility index (Phi) is 5.83. The third-order valence-electron chi connectivity index (χ3n) is 3.45. The quantitative estimate of drug-likeness (QED) is 0.426. The Labute approximate surface area is 99.1 Å². The molecule has 1 atom stereocenters. The summed E-state index contributed by atoms with van der Waals surface area (Å²) in [5, 5.41) is 0. The van der Waals surface area contributed by atoms with Crippen molar-refractivity contribution in [3.05, 3.63) is 0 Å². The van der Waals surface area contributed by atoms with Crippen molar-refractivity contribution >= 4 is 0 Å². The zero-order chi connectivity index (χ0) is 11.9. The number of hydrogen-bond donors (Lipinski definition) is 2. The van der Waals surface area contributed by atoms with Crippen LogP contribution in [-0.4, -0.2) is 18.2 Å². The van der Waals surface area contributed by atoms with E-state index >= 15 is 0 Å². The van der Waals surface area contributed by atoms with E-state index in [1.54, 1.807) is 0 Å². The van der Waals surface area contributed by atoms with Gasteiger partial charge in [-0.3, -0.25) is 11.3 Å². The Hall–Kier alpha value is -0.560. The van der Waals surface area contributed by atoms with Gasteiger partial charge in [-0.2, -0.15) is 0 Å². The van der Waals surface area contributed by atoms with E-state index in [9.17, 15) is 0 Å². The first-order valence-electron chi connectivity index (χ1n) is 6.28. The van der Waals surface area contributed by atoms with Gasteiger partial charge in [0.1, 0.15) is 0 Å². The maximum absolute atomic E-state index is 6.01. The third kappa shape index (κ3) is 3.21. The highest BCUT2D eigenvalue weighted by molar-refractivity contribution is 5.04. The van der Waals surface area contributed by atoms with Gasteiger partial charge in [0.25, 0.3) is 0 Å². The van der Waals surface area contributed by atoms with Crippen LogP contribution >= 0.6 is 0 Å². The molecule has 1 saturated carbocycles. The number of rotatable bonds is 5. The van der Waals surface area contributed by atoms with Crippen LogP contribution in [0.1, 0.15) is 52.4 Å². The van der Waals surface area contributed by atoms with Crippen LogP contribution in [0.5, 0.6) is 0 Å². The summed E-state index contributed by atoms with van der Waals surface area (Å²) in [6.07, 6.45) is 6.75. The van der Waals surface area contributed by atoms with Gasteiger partial charge >= 0.3 is 0 Å². The van der Waals surface area contributed by atoms with Crippen molar-refractivity contribution in [1.29, 1.82) is 0 Å². The smallest absolute Gasteiger partial charge is 0.0857 e. The molecule has 0 saturated heterocycles. The lowest BCUT2D eigenvalue weighted by atomic mass is 9.78. The maximum Gasteiger partial charge on any atom is 0.0857 e. The topological polar surface area (TPSA) is 47.3 Å². The molecular weight excluding hydrogens is 200 g/mol. The van der Waals surface area contributed by atoms with Gasteiger partial charge in [-0.1, -0.05) is 19.3 Å². The third-order valence-corrected chi connectivity index (χ3v) is 3.45. The molecule has 1 unspecified atom stereocenters.